The van der Waals surface area contributed by atoms with Crippen molar-refractivity contribution in [1.82, 2.24) is 10.6 Å². The number of aliphatic imine (C=N–C) groups is 1. The summed E-state index contributed by atoms with van der Waals surface area (Å²) in [5.74, 6) is 2.12. The lowest BCUT2D eigenvalue weighted by Crippen LogP contribution is -2.39. The molecule has 22 heavy (non-hydrogen) atoms. The van der Waals surface area contributed by atoms with Gasteiger partial charge >= 0.3 is 0 Å². The molecular formula is C18H29N3O. The molecule has 0 spiro atoms. The molecule has 0 heterocycles. The second-order valence-corrected chi connectivity index (χ2v) is 6.29. The minimum Gasteiger partial charge on any atom is -0.376 e. The average molecular weight is 303 g/mol. The highest BCUT2D eigenvalue weighted by atomic mass is 16.5. The summed E-state index contributed by atoms with van der Waals surface area (Å²) in [5.41, 5.74) is 1.22. The van der Waals surface area contributed by atoms with Crippen LogP contribution in [-0.2, 0) is 11.3 Å². The van der Waals surface area contributed by atoms with Gasteiger partial charge in [-0.1, -0.05) is 44.2 Å². The molecular weight excluding hydrogens is 274 g/mol. The highest BCUT2D eigenvalue weighted by Crippen LogP contribution is 2.28. The van der Waals surface area contributed by atoms with E-state index in [2.05, 4.69) is 48.5 Å². The van der Waals surface area contributed by atoms with Gasteiger partial charge in [-0.3, -0.25) is 4.99 Å². The van der Waals surface area contributed by atoms with E-state index in [1.807, 2.05) is 18.2 Å². The van der Waals surface area contributed by atoms with Crippen LogP contribution in [-0.4, -0.2) is 31.7 Å². The van der Waals surface area contributed by atoms with E-state index in [4.69, 9.17) is 4.74 Å². The van der Waals surface area contributed by atoms with Gasteiger partial charge in [-0.05, 0) is 30.7 Å². The first-order chi connectivity index (χ1) is 10.7. The predicted molar refractivity (Wildman–Crippen MR) is 91.9 cm³/mol. The summed E-state index contributed by atoms with van der Waals surface area (Å²) in [4.78, 5) is 4.67. The Balaban J connectivity index is 1.67. The molecule has 122 valence electrons. The standard InChI is InChI=1S/C18H29N3O/c1-4-19-18(21-17-10-15(17)3)20-11-14(2)12-22-13-16-8-6-5-7-9-16/h5-9,14-15,17H,4,10-13H2,1-3H3,(H2,19,20,21). The molecule has 0 amide bonds. The molecule has 0 aromatic heterocycles. The van der Waals surface area contributed by atoms with Crippen molar-refractivity contribution < 1.29 is 4.74 Å². The zero-order chi connectivity index (χ0) is 15.8. The molecule has 0 saturated heterocycles. The van der Waals surface area contributed by atoms with Crippen molar-refractivity contribution in [3.8, 4) is 0 Å². The van der Waals surface area contributed by atoms with Crippen LogP contribution in [0.25, 0.3) is 0 Å². The molecule has 3 unspecified atom stereocenters. The van der Waals surface area contributed by atoms with E-state index in [1.165, 1.54) is 12.0 Å². The SMILES string of the molecule is CCNC(=NCC(C)COCc1ccccc1)NC1CC1C. The Kier molecular flexibility index (Phi) is 6.72. The van der Waals surface area contributed by atoms with Crippen molar-refractivity contribution in [2.75, 3.05) is 19.7 Å². The topological polar surface area (TPSA) is 45.7 Å². The summed E-state index contributed by atoms with van der Waals surface area (Å²) in [6.07, 6.45) is 1.25. The van der Waals surface area contributed by atoms with E-state index >= 15 is 0 Å². The number of guanidine groups is 1. The van der Waals surface area contributed by atoms with Crippen molar-refractivity contribution in [2.45, 2.75) is 39.8 Å². The molecule has 1 aliphatic carbocycles. The Bertz CT molecular complexity index is 461. The fourth-order valence-electron chi connectivity index (χ4n) is 2.27. The van der Waals surface area contributed by atoms with Crippen molar-refractivity contribution in [3.63, 3.8) is 0 Å². The number of ether oxygens (including phenoxy) is 1. The Morgan fingerprint density at radius 2 is 2.09 bits per heavy atom. The molecule has 1 aliphatic rings. The van der Waals surface area contributed by atoms with E-state index < -0.39 is 0 Å². The van der Waals surface area contributed by atoms with Crippen LogP contribution in [0.3, 0.4) is 0 Å². The number of hydrogen-bond acceptors (Lipinski definition) is 2. The number of benzene rings is 1. The lowest BCUT2D eigenvalue weighted by molar-refractivity contribution is 0.0945. The largest absolute Gasteiger partial charge is 0.376 e. The summed E-state index contributed by atoms with van der Waals surface area (Å²) in [6.45, 7) is 9.63. The first kappa shape index (κ1) is 16.8. The molecule has 4 nitrogen and oxygen atoms in total. The van der Waals surface area contributed by atoms with Gasteiger partial charge in [0.2, 0.25) is 0 Å². The van der Waals surface area contributed by atoms with Gasteiger partial charge in [-0.25, -0.2) is 0 Å². The number of nitrogens with one attached hydrogen (secondary N) is 2. The van der Waals surface area contributed by atoms with Crippen LogP contribution in [0.5, 0.6) is 0 Å². The summed E-state index contributed by atoms with van der Waals surface area (Å²) in [6, 6.07) is 10.9. The van der Waals surface area contributed by atoms with Gasteiger partial charge in [0, 0.05) is 19.1 Å². The monoisotopic (exact) mass is 303 g/mol. The molecule has 0 aliphatic heterocycles. The van der Waals surface area contributed by atoms with Crippen molar-refractivity contribution >= 4 is 5.96 Å². The molecule has 1 fully saturated rings. The molecule has 1 saturated carbocycles. The van der Waals surface area contributed by atoms with Gasteiger partial charge in [0.1, 0.15) is 0 Å². The van der Waals surface area contributed by atoms with Gasteiger partial charge in [0.05, 0.1) is 13.2 Å². The Hall–Kier alpha value is -1.55. The molecule has 2 rings (SSSR count). The second kappa shape index (κ2) is 8.79. The zero-order valence-corrected chi connectivity index (χ0v) is 14.0. The Morgan fingerprint density at radius 3 is 2.73 bits per heavy atom. The summed E-state index contributed by atoms with van der Waals surface area (Å²) in [7, 11) is 0. The molecule has 0 bridgehead atoms. The van der Waals surface area contributed by atoms with Gasteiger partial charge in [0.15, 0.2) is 5.96 Å². The minimum atomic E-state index is 0.413. The maximum Gasteiger partial charge on any atom is 0.191 e. The van der Waals surface area contributed by atoms with Crippen LogP contribution in [0.4, 0.5) is 0 Å². The zero-order valence-electron chi connectivity index (χ0n) is 14.0. The maximum atomic E-state index is 5.77. The van der Waals surface area contributed by atoms with E-state index in [-0.39, 0.29) is 0 Å². The van der Waals surface area contributed by atoms with Crippen LogP contribution in [0.1, 0.15) is 32.8 Å². The molecule has 0 radical (unpaired) electrons. The smallest absolute Gasteiger partial charge is 0.191 e. The summed E-state index contributed by atoms with van der Waals surface area (Å²) in [5, 5.41) is 6.79. The van der Waals surface area contributed by atoms with Crippen LogP contribution in [0, 0.1) is 11.8 Å². The van der Waals surface area contributed by atoms with Gasteiger partial charge in [-0.15, -0.1) is 0 Å². The van der Waals surface area contributed by atoms with Crippen LogP contribution in [0.15, 0.2) is 35.3 Å². The van der Waals surface area contributed by atoms with Crippen LogP contribution >= 0.6 is 0 Å². The predicted octanol–water partition coefficient (Wildman–Crippen LogP) is 2.80. The van der Waals surface area contributed by atoms with Crippen LogP contribution < -0.4 is 10.6 Å². The lowest BCUT2D eigenvalue weighted by Gasteiger charge is -2.13. The molecule has 1 aromatic carbocycles. The third-order valence-corrected chi connectivity index (χ3v) is 3.85. The average Bonchev–Trinajstić information content (AvgIpc) is 3.21. The number of rotatable bonds is 8. The first-order valence-electron chi connectivity index (χ1n) is 8.35. The Labute approximate surface area is 134 Å². The van der Waals surface area contributed by atoms with E-state index in [9.17, 15) is 0 Å². The van der Waals surface area contributed by atoms with E-state index in [1.54, 1.807) is 0 Å². The molecule has 4 heteroatoms. The quantitative estimate of drug-likeness (QED) is 0.573. The maximum absolute atomic E-state index is 5.77. The third kappa shape index (κ3) is 6.06. The normalized spacial score (nSPS) is 22.2. The highest BCUT2D eigenvalue weighted by molar-refractivity contribution is 5.80. The van der Waals surface area contributed by atoms with Gasteiger partial charge in [-0.2, -0.15) is 0 Å². The fraction of sp³-hybridized carbons (Fsp3) is 0.611. The molecule has 3 atom stereocenters. The van der Waals surface area contributed by atoms with Crippen molar-refractivity contribution in [1.29, 1.82) is 0 Å². The number of hydrogen-bond donors (Lipinski definition) is 2. The lowest BCUT2D eigenvalue weighted by atomic mass is 10.2. The van der Waals surface area contributed by atoms with Crippen molar-refractivity contribution in [3.05, 3.63) is 35.9 Å². The number of nitrogens with zero attached hydrogens (tertiary/aromatic N) is 1. The molecule has 1 aromatic rings. The van der Waals surface area contributed by atoms with E-state index in [0.717, 1.165) is 31.6 Å². The molecule has 2 N–H and O–H groups in total. The second-order valence-electron chi connectivity index (χ2n) is 6.29. The summed E-state index contributed by atoms with van der Waals surface area (Å²) >= 11 is 0. The van der Waals surface area contributed by atoms with Gasteiger partial charge in [0.25, 0.3) is 0 Å². The minimum absolute atomic E-state index is 0.413. The summed E-state index contributed by atoms with van der Waals surface area (Å²) < 4.78 is 5.77. The Morgan fingerprint density at radius 1 is 1.36 bits per heavy atom. The third-order valence-electron chi connectivity index (χ3n) is 3.85. The first-order valence-corrected chi connectivity index (χ1v) is 8.35. The van der Waals surface area contributed by atoms with Gasteiger partial charge < -0.3 is 15.4 Å². The highest BCUT2D eigenvalue weighted by Gasteiger charge is 2.33. The van der Waals surface area contributed by atoms with E-state index in [0.29, 0.717) is 18.6 Å². The van der Waals surface area contributed by atoms with Crippen molar-refractivity contribution in [2.24, 2.45) is 16.8 Å². The van der Waals surface area contributed by atoms with Crippen LogP contribution in [0.2, 0.25) is 0 Å². The fourth-order valence-corrected chi connectivity index (χ4v) is 2.27.